The highest BCUT2D eigenvalue weighted by molar-refractivity contribution is 5.78. The van der Waals surface area contributed by atoms with Gasteiger partial charge in [0.05, 0.1) is 12.6 Å². The Morgan fingerprint density at radius 1 is 1.28 bits per heavy atom. The predicted octanol–water partition coefficient (Wildman–Crippen LogP) is 3.44. The van der Waals surface area contributed by atoms with E-state index in [2.05, 4.69) is 28.9 Å². The van der Waals surface area contributed by atoms with Gasteiger partial charge in [0.15, 0.2) is 5.96 Å². The van der Waals surface area contributed by atoms with E-state index >= 15 is 0 Å². The van der Waals surface area contributed by atoms with Crippen molar-refractivity contribution >= 4 is 5.96 Å². The lowest BCUT2D eigenvalue weighted by Crippen LogP contribution is -2.38. The minimum Gasteiger partial charge on any atom is -0.435 e. The molecule has 2 unspecified atom stereocenters. The number of rotatable bonds is 10. The molecule has 1 aromatic rings. The predicted molar refractivity (Wildman–Crippen MR) is 95.8 cm³/mol. The molecule has 0 heterocycles. The zero-order valence-corrected chi connectivity index (χ0v) is 15.1. The second-order valence-electron chi connectivity index (χ2n) is 6.56. The summed E-state index contributed by atoms with van der Waals surface area (Å²) in [5.41, 5.74) is 6.28. The van der Waals surface area contributed by atoms with Crippen LogP contribution in [0, 0.1) is 5.92 Å². The van der Waals surface area contributed by atoms with Crippen molar-refractivity contribution in [2.75, 3.05) is 6.54 Å². The van der Waals surface area contributed by atoms with Crippen LogP contribution in [0.15, 0.2) is 29.3 Å². The number of aliphatic imine (C=N–C) groups is 1. The molecule has 0 aliphatic rings. The Morgan fingerprint density at radius 2 is 2.00 bits per heavy atom. The highest BCUT2D eigenvalue weighted by Crippen LogP contribution is 2.21. The number of nitrogens with one attached hydrogen (secondary N) is 1. The summed E-state index contributed by atoms with van der Waals surface area (Å²) in [5.74, 6) is 0.939. The molecule has 2 atom stereocenters. The normalized spacial score (nSPS) is 14.6. The van der Waals surface area contributed by atoms with Gasteiger partial charge < -0.3 is 20.9 Å². The maximum Gasteiger partial charge on any atom is 0.387 e. The maximum absolute atomic E-state index is 12.2. The highest BCUT2D eigenvalue weighted by atomic mass is 19.3. The molecule has 7 heteroatoms. The van der Waals surface area contributed by atoms with Gasteiger partial charge in [-0.25, -0.2) is 0 Å². The highest BCUT2D eigenvalue weighted by Gasteiger charge is 2.11. The monoisotopic (exact) mass is 357 g/mol. The Morgan fingerprint density at radius 3 is 2.64 bits per heavy atom. The van der Waals surface area contributed by atoms with Crippen LogP contribution in [0.25, 0.3) is 0 Å². The average Bonchev–Trinajstić information content (AvgIpc) is 2.51. The molecule has 0 aromatic heterocycles. The van der Waals surface area contributed by atoms with Crippen molar-refractivity contribution in [1.82, 2.24) is 5.32 Å². The van der Waals surface area contributed by atoms with Crippen molar-refractivity contribution in [3.05, 3.63) is 29.8 Å². The van der Waals surface area contributed by atoms with Crippen molar-refractivity contribution in [2.45, 2.75) is 58.8 Å². The second-order valence-corrected chi connectivity index (χ2v) is 6.56. The van der Waals surface area contributed by atoms with E-state index in [4.69, 9.17) is 5.73 Å². The summed E-state index contributed by atoms with van der Waals surface area (Å²) in [6, 6.07) is 6.13. The van der Waals surface area contributed by atoms with Crippen LogP contribution in [-0.4, -0.2) is 30.3 Å². The largest absolute Gasteiger partial charge is 0.435 e. The Hall–Kier alpha value is -1.89. The van der Waals surface area contributed by atoms with Crippen LogP contribution >= 0.6 is 0 Å². The minimum absolute atomic E-state index is 0.000372. The van der Waals surface area contributed by atoms with E-state index < -0.39 is 12.7 Å². The number of aliphatic hydroxyl groups is 1. The SMILES string of the molecule is CC(C)CCCC(C)NC(N)=NCC(O)c1cccc(OC(F)F)c1. The number of halogens is 2. The number of aliphatic hydroxyl groups excluding tert-OH is 1. The number of benzene rings is 1. The first-order valence-electron chi connectivity index (χ1n) is 8.57. The molecule has 0 radical (unpaired) electrons. The third kappa shape index (κ3) is 9.24. The second kappa shape index (κ2) is 10.9. The van der Waals surface area contributed by atoms with Crippen LogP contribution in [0.2, 0.25) is 0 Å². The third-order valence-electron chi connectivity index (χ3n) is 3.72. The number of hydrogen-bond donors (Lipinski definition) is 3. The lowest BCUT2D eigenvalue weighted by molar-refractivity contribution is -0.0499. The van der Waals surface area contributed by atoms with Crippen molar-refractivity contribution in [1.29, 1.82) is 0 Å². The first kappa shape index (κ1) is 21.2. The molecule has 25 heavy (non-hydrogen) atoms. The van der Waals surface area contributed by atoms with Gasteiger partial charge in [-0.15, -0.1) is 0 Å². The molecule has 1 rings (SSSR count). The number of nitrogens with two attached hydrogens (primary N) is 1. The molecule has 0 amide bonds. The van der Waals surface area contributed by atoms with Gasteiger partial charge in [0.1, 0.15) is 5.75 Å². The molecule has 0 saturated carbocycles. The van der Waals surface area contributed by atoms with Crippen LogP contribution in [0.1, 0.15) is 51.7 Å². The Balaban J connectivity index is 2.48. The lowest BCUT2D eigenvalue weighted by atomic mass is 10.0. The number of nitrogens with zero attached hydrogens (tertiary/aromatic N) is 1. The van der Waals surface area contributed by atoms with Crippen LogP contribution in [-0.2, 0) is 0 Å². The van der Waals surface area contributed by atoms with Crippen LogP contribution in [0.4, 0.5) is 8.78 Å². The van der Waals surface area contributed by atoms with E-state index in [1.165, 1.54) is 18.6 Å². The fourth-order valence-electron chi connectivity index (χ4n) is 2.39. The molecule has 1 aromatic carbocycles. The Labute approximate surface area is 148 Å². The molecule has 142 valence electrons. The molecule has 4 N–H and O–H groups in total. The van der Waals surface area contributed by atoms with Gasteiger partial charge >= 0.3 is 6.61 Å². The topological polar surface area (TPSA) is 79.9 Å². The molecule has 0 bridgehead atoms. The zero-order chi connectivity index (χ0) is 18.8. The molecular weight excluding hydrogens is 328 g/mol. The van der Waals surface area contributed by atoms with Crippen molar-refractivity contribution in [3.63, 3.8) is 0 Å². The molecular formula is C18H29F2N3O2. The summed E-state index contributed by atoms with van der Waals surface area (Å²) in [4.78, 5) is 4.12. The van der Waals surface area contributed by atoms with E-state index in [1.54, 1.807) is 12.1 Å². The molecule has 0 spiro atoms. The first-order chi connectivity index (χ1) is 11.8. The van der Waals surface area contributed by atoms with Crippen molar-refractivity contribution in [2.24, 2.45) is 16.6 Å². The van der Waals surface area contributed by atoms with Gasteiger partial charge in [0, 0.05) is 6.04 Å². The zero-order valence-electron chi connectivity index (χ0n) is 15.1. The number of guanidine groups is 1. The van der Waals surface area contributed by atoms with Gasteiger partial charge in [0.25, 0.3) is 0 Å². The molecule has 0 saturated heterocycles. The van der Waals surface area contributed by atoms with Crippen LogP contribution < -0.4 is 15.8 Å². The van der Waals surface area contributed by atoms with Gasteiger partial charge in [-0.1, -0.05) is 38.8 Å². The molecule has 0 fully saturated rings. The number of ether oxygens (including phenoxy) is 1. The van der Waals surface area contributed by atoms with Crippen LogP contribution in [0.5, 0.6) is 5.75 Å². The van der Waals surface area contributed by atoms with Crippen molar-refractivity contribution < 1.29 is 18.6 Å². The summed E-state index contributed by atoms with van der Waals surface area (Å²) < 4.78 is 28.8. The number of alkyl halides is 2. The first-order valence-corrected chi connectivity index (χ1v) is 8.57. The standard InChI is InChI=1S/C18H29F2N3O2/c1-12(2)6-4-7-13(3)23-18(21)22-11-16(24)14-8-5-9-15(10-14)25-17(19)20/h5,8-10,12-13,16-17,24H,4,6-7,11H2,1-3H3,(H3,21,22,23). The van der Waals surface area contributed by atoms with E-state index in [-0.39, 0.29) is 24.3 Å². The van der Waals surface area contributed by atoms with E-state index in [9.17, 15) is 13.9 Å². The fourth-order valence-corrected chi connectivity index (χ4v) is 2.39. The Bertz CT molecular complexity index is 539. The summed E-state index contributed by atoms with van der Waals surface area (Å²) in [6.45, 7) is 3.55. The maximum atomic E-state index is 12.2. The van der Waals surface area contributed by atoms with Gasteiger partial charge in [-0.2, -0.15) is 8.78 Å². The third-order valence-corrected chi connectivity index (χ3v) is 3.72. The van der Waals surface area contributed by atoms with E-state index in [1.807, 2.05) is 6.92 Å². The molecule has 0 aliphatic carbocycles. The summed E-state index contributed by atoms with van der Waals surface area (Å²) in [6.07, 6.45) is 2.32. The van der Waals surface area contributed by atoms with Gasteiger partial charge in [-0.3, -0.25) is 4.99 Å². The summed E-state index contributed by atoms with van der Waals surface area (Å²) in [7, 11) is 0. The smallest absolute Gasteiger partial charge is 0.387 e. The quantitative estimate of drug-likeness (QED) is 0.443. The summed E-state index contributed by atoms with van der Waals surface area (Å²) >= 11 is 0. The van der Waals surface area contributed by atoms with Crippen LogP contribution in [0.3, 0.4) is 0 Å². The molecule has 5 nitrogen and oxygen atoms in total. The van der Waals surface area contributed by atoms with Gasteiger partial charge in [-0.05, 0) is 37.0 Å². The van der Waals surface area contributed by atoms with E-state index in [0.717, 1.165) is 12.8 Å². The minimum atomic E-state index is -2.90. The average molecular weight is 357 g/mol. The molecule has 0 aliphatic heterocycles. The van der Waals surface area contributed by atoms with Crippen molar-refractivity contribution in [3.8, 4) is 5.75 Å². The van der Waals surface area contributed by atoms with Gasteiger partial charge in [0.2, 0.25) is 0 Å². The van der Waals surface area contributed by atoms with E-state index in [0.29, 0.717) is 11.5 Å². The lowest BCUT2D eigenvalue weighted by Gasteiger charge is -2.16. The Kier molecular flexibility index (Phi) is 9.20. The summed E-state index contributed by atoms with van der Waals surface area (Å²) in [5, 5.41) is 13.2. The number of hydrogen-bond acceptors (Lipinski definition) is 3. The fraction of sp³-hybridized carbons (Fsp3) is 0.611.